The Morgan fingerprint density at radius 3 is 2.58 bits per heavy atom. The highest BCUT2D eigenvalue weighted by atomic mass is 35.5. The lowest BCUT2D eigenvalue weighted by Gasteiger charge is -2.13. The number of nitrogens with one attached hydrogen (secondary N) is 2. The highest BCUT2D eigenvalue weighted by Gasteiger charge is 2.08. The number of rotatable bonds is 10. The van der Waals surface area contributed by atoms with Crippen LogP contribution in [0.3, 0.4) is 0 Å². The van der Waals surface area contributed by atoms with E-state index in [0.717, 1.165) is 16.9 Å². The molecule has 0 aromatic heterocycles. The molecule has 1 aromatic carbocycles. The van der Waals surface area contributed by atoms with E-state index in [9.17, 15) is 9.59 Å². The van der Waals surface area contributed by atoms with Crippen LogP contribution >= 0.6 is 12.4 Å². The minimum Gasteiger partial charge on any atom is -0.491 e. The van der Waals surface area contributed by atoms with Crippen molar-refractivity contribution in [3.63, 3.8) is 0 Å². The number of nitrogens with two attached hydrogens (primary N) is 1. The van der Waals surface area contributed by atoms with Crippen LogP contribution in [0.1, 0.15) is 18.1 Å². The Morgan fingerprint density at radius 1 is 1.17 bits per heavy atom. The number of carbonyl (C=O) groups excluding carboxylic acids is 2. The summed E-state index contributed by atoms with van der Waals surface area (Å²) in [6, 6.07) is 5.78. The van der Waals surface area contributed by atoms with Crippen molar-refractivity contribution in [2.75, 3.05) is 32.9 Å². The number of halogens is 1. The lowest BCUT2D eigenvalue weighted by molar-refractivity contribution is -0.125. The first-order chi connectivity index (χ1) is 11.1. The number of hydrogen-bond donors (Lipinski definition) is 3. The molecule has 2 amide bonds. The molecule has 0 bridgehead atoms. The van der Waals surface area contributed by atoms with Gasteiger partial charge in [-0.05, 0) is 25.5 Å². The molecule has 4 N–H and O–H groups in total. The summed E-state index contributed by atoms with van der Waals surface area (Å²) in [7, 11) is 0. The number of ether oxygens (including phenoxy) is 2. The summed E-state index contributed by atoms with van der Waals surface area (Å²) < 4.78 is 10.9. The molecule has 1 rings (SSSR count). The van der Waals surface area contributed by atoms with Gasteiger partial charge in [0.15, 0.2) is 0 Å². The number of carbonyl (C=O) groups is 2. The van der Waals surface area contributed by atoms with E-state index in [2.05, 4.69) is 10.6 Å². The number of aryl methyl sites for hydroxylation is 1. The molecule has 0 heterocycles. The van der Waals surface area contributed by atoms with Crippen LogP contribution < -0.4 is 21.1 Å². The third kappa shape index (κ3) is 8.71. The zero-order valence-corrected chi connectivity index (χ0v) is 14.9. The van der Waals surface area contributed by atoms with Crippen LogP contribution in [0.2, 0.25) is 0 Å². The van der Waals surface area contributed by atoms with Crippen molar-refractivity contribution >= 4 is 24.2 Å². The Balaban J connectivity index is 0.00000529. The van der Waals surface area contributed by atoms with Gasteiger partial charge in [0.1, 0.15) is 12.4 Å². The molecule has 24 heavy (non-hydrogen) atoms. The first kappa shape index (κ1) is 22.2. The Bertz CT molecular complexity index is 526. The van der Waals surface area contributed by atoms with Gasteiger partial charge in [-0.2, -0.15) is 0 Å². The van der Waals surface area contributed by atoms with Crippen LogP contribution in [0.15, 0.2) is 18.2 Å². The van der Waals surface area contributed by atoms with Crippen molar-refractivity contribution < 1.29 is 19.1 Å². The van der Waals surface area contributed by atoms with Crippen LogP contribution in [0.5, 0.6) is 5.75 Å². The summed E-state index contributed by atoms with van der Waals surface area (Å²) in [5.74, 6) is 0.0686. The summed E-state index contributed by atoms with van der Waals surface area (Å²) >= 11 is 0. The third-order valence-corrected chi connectivity index (χ3v) is 3.02. The van der Waals surface area contributed by atoms with Crippen LogP contribution in [0.4, 0.5) is 0 Å². The van der Waals surface area contributed by atoms with Gasteiger partial charge in [-0.25, -0.2) is 0 Å². The van der Waals surface area contributed by atoms with Crippen molar-refractivity contribution in [3.8, 4) is 5.75 Å². The standard InChI is InChI=1S/C16H25N3O4.ClH/c1-3-22-6-7-23-14-8-12(2)4-5-13(14)10-18-16(21)11-19-15(20)9-17;/h4-5,8H,3,6-7,9-11,17H2,1-2H3,(H,18,21)(H,19,20);1H. The molecule has 0 radical (unpaired) electrons. The SMILES string of the molecule is CCOCCOc1cc(C)ccc1CNC(=O)CNC(=O)CN.Cl. The zero-order valence-electron chi connectivity index (χ0n) is 14.1. The van der Waals surface area contributed by atoms with Gasteiger partial charge in [0.25, 0.3) is 0 Å². The summed E-state index contributed by atoms with van der Waals surface area (Å²) in [4.78, 5) is 22.7. The van der Waals surface area contributed by atoms with E-state index >= 15 is 0 Å². The predicted octanol–water partition coefficient (Wildman–Crippen LogP) is 0.523. The quantitative estimate of drug-likeness (QED) is 0.529. The first-order valence-electron chi connectivity index (χ1n) is 7.60. The Labute approximate surface area is 148 Å². The van der Waals surface area contributed by atoms with Crippen LogP contribution in [-0.2, 0) is 20.9 Å². The van der Waals surface area contributed by atoms with Crippen molar-refractivity contribution in [1.29, 1.82) is 0 Å². The monoisotopic (exact) mass is 359 g/mol. The fraction of sp³-hybridized carbons (Fsp3) is 0.500. The molecule has 7 nitrogen and oxygen atoms in total. The molecule has 0 saturated carbocycles. The number of benzene rings is 1. The van der Waals surface area contributed by atoms with Gasteiger partial charge in [0.2, 0.25) is 11.8 Å². The molecule has 1 aromatic rings. The van der Waals surface area contributed by atoms with Gasteiger partial charge in [-0.3, -0.25) is 9.59 Å². The Kier molecular flexibility index (Phi) is 11.6. The molecule has 0 aliphatic rings. The van der Waals surface area contributed by atoms with E-state index in [4.69, 9.17) is 15.2 Å². The maximum absolute atomic E-state index is 11.7. The second kappa shape index (κ2) is 12.6. The summed E-state index contributed by atoms with van der Waals surface area (Å²) in [5.41, 5.74) is 7.09. The molecule has 0 aliphatic carbocycles. The van der Waals surface area contributed by atoms with Crippen molar-refractivity contribution in [3.05, 3.63) is 29.3 Å². The topological polar surface area (TPSA) is 103 Å². The smallest absolute Gasteiger partial charge is 0.239 e. The van der Waals surface area contributed by atoms with Crippen LogP contribution in [-0.4, -0.2) is 44.7 Å². The zero-order chi connectivity index (χ0) is 17.1. The second-order valence-corrected chi connectivity index (χ2v) is 4.91. The van der Waals surface area contributed by atoms with E-state index in [1.165, 1.54) is 0 Å². The molecule has 0 fully saturated rings. The van der Waals surface area contributed by atoms with Gasteiger partial charge < -0.3 is 25.8 Å². The largest absolute Gasteiger partial charge is 0.491 e. The lowest BCUT2D eigenvalue weighted by Crippen LogP contribution is -2.39. The average molecular weight is 360 g/mol. The highest BCUT2D eigenvalue weighted by molar-refractivity contribution is 5.85. The normalized spacial score (nSPS) is 9.79. The van der Waals surface area contributed by atoms with Crippen molar-refractivity contribution in [2.45, 2.75) is 20.4 Å². The van der Waals surface area contributed by atoms with E-state index in [-0.39, 0.29) is 37.3 Å². The van der Waals surface area contributed by atoms with Crippen LogP contribution in [0, 0.1) is 6.92 Å². The molecule has 0 spiro atoms. The third-order valence-electron chi connectivity index (χ3n) is 3.02. The molecule has 0 aliphatic heterocycles. The van der Waals surface area contributed by atoms with Crippen molar-refractivity contribution in [1.82, 2.24) is 10.6 Å². The molecular weight excluding hydrogens is 334 g/mol. The Hall–Kier alpha value is -1.83. The maximum atomic E-state index is 11.7. The van der Waals surface area contributed by atoms with Gasteiger partial charge in [0, 0.05) is 18.7 Å². The van der Waals surface area contributed by atoms with Gasteiger partial charge in [0.05, 0.1) is 19.7 Å². The Morgan fingerprint density at radius 2 is 1.92 bits per heavy atom. The fourth-order valence-electron chi connectivity index (χ4n) is 1.80. The minimum atomic E-state index is -0.365. The summed E-state index contributed by atoms with van der Waals surface area (Å²) in [5, 5.41) is 5.15. The highest BCUT2D eigenvalue weighted by Crippen LogP contribution is 2.20. The summed E-state index contributed by atoms with van der Waals surface area (Å²) in [6.45, 7) is 5.60. The number of amides is 2. The molecule has 136 valence electrons. The van der Waals surface area contributed by atoms with Gasteiger partial charge in [-0.15, -0.1) is 12.4 Å². The molecule has 8 heteroatoms. The van der Waals surface area contributed by atoms with E-state index in [1.807, 2.05) is 32.0 Å². The van der Waals surface area contributed by atoms with Gasteiger partial charge in [-0.1, -0.05) is 12.1 Å². The fourth-order valence-corrected chi connectivity index (χ4v) is 1.80. The second-order valence-electron chi connectivity index (χ2n) is 4.91. The lowest BCUT2D eigenvalue weighted by atomic mass is 10.1. The number of hydrogen-bond acceptors (Lipinski definition) is 5. The van der Waals surface area contributed by atoms with Crippen molar-refractivity contribution in [2.24, 2.45) is 5.73 Å². The van der Waals surface area contributed by atoms with E-state index < -0.39 is 0 Å². The van der Waals surface area contributed by atoms with E-state index in [1.54, 1.807) is 0 Å². The molecule has 0 saturated heterocycles. The van der Waals surface area contributed by atoms with Gasteiger partial charge >= 0.3 is 0 Å². The predicted molar refractivity (Wildman–Crippen MR) is 94.3 cm³/mol. The first-order valence-corrected chi connectivity index (χ1v) is 7.60. The average Bonchev–Trinajstić information content (AvgIpc) is 2.55. The molecular formula is C16H26ClN3O4. The maximum Gasteiger partial charge on any atom is 0.239 e. The molecule has 0 unspecified atom stereocenters. The van der Waals surface area contributed by atoms with Crippen LogP contribution in [0.25, 0.3) is 0 Å². The summed E-state index contributed by atoms with van der Waals surface area (Å²) in [6.07, 6.45) is 0. The van der Waals surface area contributed by atoms with E-state index in [0.29, 0.717) is 26.4 Å². The molecule has 0 atom stereocenters. The minimum absolute atomic E-state index is 0.